The molecule has 1 heterocycles. The number of imidazole rings is 1. The second-order valence-corrected chi connectivity index (χ2v) is 6.19. The molecule has 2 aromatic carbocycles. The van der Waals surface area contributed by atoms with Gasteiger partial charge in [0.2, 0.25) is 0 Å². The third-order valence-electron chi connectivity index (χ3n) is 3.59. The van der Waals surface area contributed by atoms with Crippen LogP contribution in [0.5, 0.6) is 0 Å². The van der Waals surface area contributed by atoms with Gasteiger partial charge >= 0.3 is 0 Å². The Morgan fingerprint density at radius 2 is 1.92 bits per heavy atom. The summed E-state index contributed by atoms with van der Waals surface area (Å²) in [6.45, 7) is 1.08. The molecule has 4 nitrogen and oxygen atoms in total. The maximum atomic E-state index is 12.2. The molecule has 3 aromatic rings. The highest BCUT2D eigenvalue weighted by Crippen LogP contribution is 2.20. The van der Waals surface area contributed by atoms with Crippen LogP contribution < -0.4 is 5.32 Å². The number of rotatable bonds is 5. The first-order chi connectivity index (χ1) is 11.6. The predicted molar refractivity (Wildman–Crippen MR) is 95.4 cm³/mol. The van der Waals surface area contributed by atoms with E-state index in [4.69, 9.17) is 23.2 Å². The Hall–Kier alpha value is -2.30. The van der Waals surface area contributed by atoms with Crippen molar-refractivity contribution in [3.63, 3.8) is 0 Å². The van der Waals surface area contributed by atoms with E-state index in [1.165, 1.54) is 0 Å². The maximum absolute atomic E-state index is 12.2. The Morgan fingerprint density at radius 3 is 2.58 bits per heavy atom. The molecule has 24 heavy (non-hydrogen) atoms. The fourth-order valence-corrected chi connectivity index (χ4v) is 2.77. The first-order valence-corrected chi connectivity index (χ1v) is 8.14. The predicted octanol–water partition coefficient (Wildman–Crippen LogP) is 4.17. The van der Waals surface area contributed by atoms with Gasteiger partial charge in [-0.2, -0.15) is 0 Å². The van der Waals surface area contributed by atoms with Crippen LogP contribution >= 0.6 is 23.2 Å². The summed E-state index contributed by atoms with van der Waals surface area (Å²) in [5, 5.41) is 3.97. The lowest BCUT2D eigenvalue weighted by molar-refractivity contribution is 0.0951. The molecule has 0 radical (unpaired) electrons. The van der Waals surface area contributed by atoms with Crippen LogP contribution in [0.4, 0.5) is 0 Å². The van der Waals surface area contributed by atoms with Crippen molar-refractivity contribution in [3.8, 4) is 0 Å². The number of aromatic nitrogens is 2. The van der Waals surface area contributed by atoms with Crippen molar-refractivity contribution in [2.75, 3.05) is 0 Å². The Labute approximate surface area is 150 Å². The third kappa shape index (κ3) is 4.16. The number of halogens is 2. The number of benzene rings is 2. The molecule has 0 fully saturated rings. The van der Waals surface area contributed by atoms with E-state index < -0.39 is 0 Å². The highest BCUT2D eigenvalue weighted by molar-refractivity contribution is 6.35. The van der Waals surface area contributed by atoms with E-state index in [1.54, 1.807) is 30.7 Å². The highest BCUT2D eigenvalue weighted by Gasteiger charge is 2.07. The van der Waals surface area contributed by atoms with Gasteiger partial charge in [0.25, 0.3) is 5.91 Å². The van der Waals surface area contributed by atoms with E-state index in [0.717, 1.165) is 17.7 Å². The number of nitrogens with zero attached hydrogens (tertiary/aromatic N) is 2. The Kier molecular flexibility index (Phi) is 5.18. The number of carbonyl (C=O) groups is 1. The smallest absolute Gasteiger partial charge is 0.251 e. The fourth-order valence-electron chi connectivity index (χ4n) is 2.30. The molecule has 0 spiro atoms. The molecule has 1 N–H and O–H groups in total. The van der Waals surface area contributed by atoms with Crippen molar-refractivity contribution in [1.29, 1.82) is 0 Å². The topological polar surface area (TPSA) is 46.9 Å². The van der Waals surface area contributed by atoms with Crippen LogP contribution in [0.25, 0.3) is 0 Å². The first kappa shape index (κ1) is 16.6. The average Bonchev–Trinajstić information content (AvgIpc) is 3.07. The largest absolute Gasteiger partial charge is 0.348 e. The lowest BCUT2D eigenvalue weighted by Crippen LogP contribution is -2.22. The summed E-state index contributed by atoms with van der Waals surface area (Å²) in [6.07, 6.45) is 5.40. The standard InChI is InChI=1S/C18H15Cl2N3O/c19-16-6-5-15(17(20)9-16)10-22-18(24)14-3-1-13(2-4-14)11-23-8-7-21-12-23/h1-9,12H,10-11H2,(H,22,24). The van der Waals surface area contributed by atoms with Crippen molar-refractivity contribution in [3.05, 3.63) is 87.9 Å². The summed E-state index contributed by atoms with van der Waals surface area (Å²) >= 11 is 12.0. The van der Waals surface area contributed by atoms with Crippen molar-refractivity contribution < 1.29 is 4.79 Å². The first-order valence-electron chi connectivity index (χ1n) is 7.38. The van der Waals surface area contributed by atoms with E-state index in [-0.39, 0.29) is 5.91 Å². The molecule has 122 valence electrons. The molecule has 0 saturated carbocycles. The van der Waals surface area contributed by atoms with Gasteiger partial charge in [-0.25, -0.2) is 4.98 Å². The molecule has 0 saturated heterocycles. The Balaban J connectivity index is 1.60. The molecule has 3 rings (SSSR count). The zero-order chi connectivity index (χ0) is 16.9. The van der Waals surface area contributed by atoms with Gasteiger partial charge in [0.1, 0.15) is 0 Å². The number of hydrogen-bond acceptors (Lipinski definition) is 2. The van der Waals surface area contributed by atoms with Crippen LogP contribution in [0, 0.1) is 0 Å². The van der Waals surface area contributed by atoms with Gasteiger partial charge in [-0.15, -0.1) is 0 Å². The van der Waals surface area contributed by atoms with Crippen LogP contribution in [0.15, 0.2) is 61.2 Å². The van der Waals surface area contributed by atoms with Crippen molar-refractivity contribution in [1.82, 2.24) is 14.9 Å². The molecule has 1 amide bonds. The summed E-state index contributed by atoms with van der Waals surface area (Å²) in [5.41, 5.74) is 2.53. The molecular formula is C18H15Cl2N3O. The van der Waals surface area contributed by atoms with Crippen LogP contribution in [-0.4, -0.2) is 15.5 Å². The van der Waals surface area contributed by atoms with Gasteiger partial charge in [-0.1, -0.05) is 41.4 Å². The quantitative estimate of drug-likeness (QED) is 0.742. The molecule has 0 aliphatic rings. The summed E-state index contributed by atoms with van der Waals surface area (Å²) in [4.78, 5) is 16.2. The highest BCUT2D eigenvalue weighted by atomic mass is 35.5. The monoisotopic (exact) mass is 359 g/mol. The maximum Gasteiger partial charge on any atom is 0.251 e. The minimum absolute atomic E-state index is 0.143. The Bertz CT molecular complexity index is 830. The molecule has 0 aliphatic heterocycles. The van der Waals surface area contributed by atoms with Crippen molar-refractivity contribution >= 4 is 29.1 Å². The van der Waals surface area contributed by atoms with Crippen LogP contribution in [0.3, 0.4) is 0 Å². The van der Waals surface area contributed by atoms with E-state index in [1.807, 2.05) is 35.0 Å². The molecule has 0 bridgehead atoms. The van der Waals surface area contributed by atoms with Crippen LogP contribution in [0.1, 0.15) is 21.5 Å². The summed E-state index contributed by atoms with van der Waals surface area (Å²) < 4.78 is 1.97. The number of nitrogens with one attached hydrogen (secondary N) is 1. The fraction of sp³-hybridized carbons (Fsp3) is 0.111. The van der Waals surface area contributed by atoms with Gasteiger partial charge in [0, 0.05) is 41.1 Å². The molecule has 1 aromatic heterocycles. The summed E-state index contributed by atoms with van der Waals surface area (Å²) in [6, 6.07) is 12.7. The number of carbonyl (C=O) groups excluding carboxylic acids is 1. The van der Waals surface area contributed by atoms with Gasteiger partial charge in [0.05, 0.1) is 6.33 Å². The molecular weight excluding hydrogens is 345 g/mol. The van der Waals surface area contributed by atoms with Crippen molar-refractivity contribution in [2.24, 2.45) is 0 Å². The van der Waals surface area contributed by atoms with Gasteiger partial charge in [-0.05, 0) is 35.4 Å². The summed E-state index contributed by atoms with van der Waals surface area (Å²) in [7, 11) is 0. The SMILES string of the molecule is O=C(NCc1ccc(Cl)cc1Cl)c1ccc(Cn2ccnc2)cc1. The lowest BCUT2D eigenvalue weighted by Gasteiger charge is -2.08. The normalized spacial score (nSPS) is 10.6. The van der Waals surface area contributed by atoms with E-state index >= 15 is 0 Å². The van der Waals surface area contributed by atoms with Crippen molar-refractivity contribution in [2.45, 2.75) is 13.1 Å². The average molecular weight is 360 g/mol. The van der Waals surface area contributed by atoms with Gasteiger partial charge in [0.15, 0.2) is 0 Å². The summed E-state index contributed by atoms with van der Waals surface area (Å²) in [5.74, 6) is -0.143. The zero-order valence-electron chi connectivity index (χ0n) is 12.7. The minimum Gasteiger partial charge on any atom is -0.348 e. The van der Waals surface area contributed by atoms with Crippen LogP contribution in [0.2, 0.25) is 10.0 Å². The molecule has 0 atom stereocenters. The van der Waals surface area contributed by atoms with Crippen LogP contribution in [-0.2, 0) is 13.1 Å². The van der Waals surface area contributed by atoms with Gasteiger partial charge in [-0.3, -0.25) is 4.79 Å². The van der Waals surface area contributed by atoms with E-state index in [9.17, 15) is 4.79 Å². The molecule has 0 aliphatic carbocycles. The number of amides is 1. The van der Waals surface area contributed by atoms with E-state index in [2.05, 4.69) is 10.3 Å². The van der Waals surface area contributed by atoms with E-state index in [0.29, 0.717) is 22.2 Å². The molecule has 6 heteroatoms. The third-order valence-corrected chi connectivity index (χ3v) is 4.18. The molecule has 0 unspecified atom stereocenters. The van der Waals surface area contributed by atoms with Gasteiger partial charge < -0.3 is 9.88 Å². The zero-order valence-corrected chi connectivity index (χ0v) is 14.3. The minimum atomic E-state index is -0.143. The number of hydrogen-bond donors (Lipinski definition) is 1. The Morgan fingerprint density at radius 1 is 1.12 bits per heavy atom. The lowest BCUT2D eigenvalue weighted by atomic mass is 10.1. The second kappa shape index (κ2) is 7.51. The second-order valence-electron chi connectivity index (χ2n) is 5.35.